The van der Waals surface area contributed by atoms with Crippen LogP contribution >= 0.6 is 0 Å². The number of halogens is 3. The topological polar surface area (TPSA) is 212 Å². The number of ether oxygens (including phenoxy) is 1. The third kappa shape index (κ3) is 13.9. The number of carbonyl (C=O) groups is 5. The van der Waals surface area contributed by atoms with Crippen molar-refractivity contribution in [2.24, 2.45) is 11.8 Å². The average molecular weight is 811 g/mol. The lowest BCUT2D eigenvalue weighted by Crippen LogP contribution is -2.48. The summed E-state index contributed by atoms with van der Waals surface area (Å²) in [6.45, 7) is 9.12. The second-order valence-electron chi connectivity index (χ2n) is 15.1. The fourth-order valence-electron chi connectivity index (χ4n) is 6.41. The van der Waals surface area contributed by atoms with Gasteiger partial charge in [0.05, 0.1) is 23.9 Å². The predicted molar refractivity (Wildman–Crippen MR) is 210 cm³/mol. The normalized spacial score (nSPS) is 16.0. The van der Waals surface area contributed by atoms with Gasteiger partial charge in [-0.1, -0.05) is 30.3 Å². The van der Waals surface area contributed by atoms with Crippen LogP contribution in [0, 0.1) is 18.8 Å². The maximum absolute atomic E-state index is 13.7. The van der Waals surface area contributed by atoms with Gasteiger partial charge in [0.2, 0.25) is 11.8 Å². The van der Waals surface area contributed by atoms with E-state index in [1.807, 2.05) is 76.2 Å². The highest BCUT2D eigenvalue weighted by Gasteiger charge is 2.38. The first kappa shape index (κ1) is 44.7. The first-order valence-corrected chi connectivity index (χ1v) is 18.7. The zero-order valence-corrected chi connectivity index (χ0v) is 32.7. The van der Waals surface area contributed by atoms with E-state index in [9.17, 15) is 32.3 Å². The molecule has 0 spiro atoms. The number of aromatic nitrogens is 2. The van der Waals surface area contributed by atoms with Gasteiger partial charge < -0.3 is 36.2 Å². The average Bonchev–Trinajstić information content (AvgIpc) is 3.63. The van der Waals surface area contributed by atoms with Gasteiger partial charge >= 0.3 is 18.2 Å². The molecule has 3 aromatic carbocycles. The molecule has 0 aliphatic heterocycles. The number of carbonyl (C=O) groups excluding carboxylic acids is 3. The van der Waals surface area contributed by atoms with Crippen molar-refractivity contribution in [2.75, 3.05) is 25.0 Å². The van der Waals surface area contributed by atoms with E-state index >= 15 is 0 Å². The zero-order chi connectivity index (χ0) is 42.6. The van der Waals surface area contributed by atoms with Crippen molar-refractivity contribution >= 4 is 46.4 Å². The van der Waals surface area contributed by atoms with E-state index in [0.29, 0.717) is 43.8 Å². The number of H-pyrrole nitrogens is 1. The minimum Gasteiger partial charge on any atom is -0.475 e. The number of nitrogens with one attached hydrogen (secondary N) is 5. The summed E-state index contributed by atoms with van der Waals surface area (Å²) in [6.07, 6.45) is -1.42. The van der Waals surface area contributed by atoms with Gasteiger partial charge in [-0.25, -0.2) is 9.59 Å². The first-order valence-electron chi connectivity index (χ1n) is 18.7. The molecule has 4 amide bonds. The molecule has 7 N–H and O–H groups in total. The van der Waals surface area contributed by atoms with Crippen LogP contribution in [0.15, 0.2) is 66.9 Å². The SMILES string of the molecule is Cc1cc(C(=O)NCCOC(C)(C)C)ccc1-c1ccc(C[C@H](NC(=O)[C@H]2CC[C@H](CNC(=O)O)CC2)C(=O)Nc2ccc3cn[nH]c3c2)cc1.O=C(O)C(F)(F)F. The van der Waals surface area contributed by atoms with Gasteiger partial charge in [-0.3, -0.25) is 19.5 Å². The molecule has 1 atom stereocenters. The Morgan fingerprint density at radius 1 is 0.914 bits per heavy atom. The number of fused-ring (bicyclic) bond motifs is 1. The number of amides is 4. The maximum atomic E-state index is 13.7. The molecule has 14 nitrogen and oxygen atoms in total. The molecule has 1 aliphatic carbocycles. The number of rotatable bonds is 13. The van der Waals surface area contributed by atoms with E-state index in [-0.39, 0.29) is 41.6 Å². The predicted octanol–water partition coefficient (Wildman–Crippen LogP) is 6.46. The van der Waals surface area contributed by atoms with Crippen LogP contribution in [0.25, 0.3) is 22.0 Å². The number of carboxylic acids is 1. The lowest BCUT2D eigenvalue weighted by molar-refractivity contribution is -0.192. The summed E-state index contributed by atoms with van der Waals surface area (Å²) in [5.41, 5.74) is 5.46. The Kier molecular flexibility index (Phi) is 15.4. The Hall–Kier alpha value is -5.97. The van der Waals surface area contributed by atoms with Crippen LogP contribution in [0.4, 0.5) is 23.7 Å². The number of alkyl halides is 3. The Labute approximate surface area is 333 Å². The minimum absolute atomic E-state index is 0.156. The fourth-order valence-corrected chi connectivity index (χ4v) is 6.41. The molecule has 58 heavy (non-hydrogen) atoms. The largest absolute Gasteiger partial charge is 0.490 e. The molecular formula is C41H49F3N6O8. The molecule has 0 saturated heterocycles. The molecule has 1 heterocycles. The minimum atomic E-state index is -5.08. The highest BCUT2D eigenvalue weighted by molar-refractivity contribution is 5.99. The molecule has 1 aliphatic rings. The number of benzene rings is 3. The number of nitrogens with zero attached hydrogens (tertiary/aromatic N) is 1. The van der Waals surface area contributed by atoms with Gasteiger partial charge in [0, 0.05) is 42.1 Å². The second kappa shape index (κ2) is 19.9. The van der Waals surface area contributed by atoms with E-state index in [2.05, 4.69) is 31.5 Å². The van der Waals surface area contributed by atoms with Crippen molar-refractivity contribution in [2.45, 2.75) is 77.6 Å². The van der Waals surface area contributed by atoms with Crippen LogP contribution < -0.4 is 21.3 Å². The van der Waals surface area contributed by atoms with Crippen LogP contribution in [0.2, 0.25) is 0 Å². The van der Waals surface area contributed by atoms with Crippen molar-refractivity contribution in [1.82, 2.24) is 26.1 Å². The van der Waals surface area contributed by atoms with Crippen molar-refractivity contribution < 1.29 is 52.1 Å². The molecule has 1 aromatic heterocycles. The third-order valence-corrected chi connectivity index (χ3v) is 9.46. The molecule has 1 fully saturated rings. The molecular weight excluding hydrogens is 761 g/mol. The maximum Gasteiger partial charge on any atom is 0.490 e. The van der Waals surface area contributed by atoms with Gasteiger partial charge in [0.15, 0.2) is 0 Å². The molecule has 5 rings (SSSR count). The lowest BCUT2D eigenvalue weighted by Gasteiger charge is -2.29. The van der Waals surface area contributed by atoms with Crippen molar-refractivity contribution in [1.29, 1.82) is 0 Å². The lowest BCUT2D eigenvalue weighted by atomic mass is 9.81. The van der Waals surface area contributed by atoms with Gasteiger partial charge in [-0.15, -0.1) is 0 Å². The summed E-state index contributed by atoms with van der Waals surface area (Å²) >= 11 is 0. The van der Waals surface area contributed by atoms with Crippen LogP contribution in [-0.4, -0.2) is 87.7 Å². The van der Waals surface area contributed by atoms with E-state index in [1.54, 1.807) is 18.3 Å². The fraction of sp³-hybridized carbons (Fsp3) is 0.415. The summed E-state index contributed by atoms with van der Waals surface area (Å²) in [6, 6.07) is 18.1. The highest BCUT2D eigenvalue weighted by atomic mass is 19.4. The molecule has 1 saturated carbocycles. The zero-order valence-electron chi connectivity index (χ0n) is 32.7. The Bertz CT molecular complexity index is 2050. The van der Waals surface area contributed by atoms with Gasteiger partial charge in [0.25, 0.3) is 5.91 Å². The number of hydrogen-bond donors (Lipinski definition) is 7. The number of aryl methyl sites for hydroxylation is 1. The number of anilines is 1. The number of aliphatic carboxylic acids is 1. The molecule has 0 bridgehead atoms. The van der Waals surface area contributed by atoms with Gasteiger partial charge in [-0.2, -0.15) is 18.3 Å². The van der Waals surface area contributed by atoms with Crippen LogP contribution in [0.1, 0.15) is 67.9 Å². The summed E-state index contributed by atoms with van der Waals surface area (Å²) < 4.78 is 37.4. The molecule has 17 heteroatoms. The van der Waals surface area contributed by atoms with Gasteiger partial charge in [-0.05, 0) is 112 Å². The summed E-state index contributed by atoms with van der Waals surface area (Å²) in [4.78, 5) is 59.7. The smallest absolute Gasteiger partial charge is 0.475 e. The molecule has 312 valence electrons. The monoisotopic (exact) mass is 810 g/mol. The van der Waals surface area contributed by atoms with Crippen molar-refractivity contribution in [3.8, 4) is 11.1 Å². The highest BCUT2D eigenvalue weighted by Crippen LogP contribution is 2.29. The van der Waals surface area contributed by atoms with Crippen LogP contribution in [0.5, 0.6) is 0 Å². The molecule has 0 radical (unpaired) electrons. The van der Waals surface area contributed by atoms with Crippen molar-refractivity contribution in [3.63, 3.8) is 0 Å². The summed E-state index contributed by atoms with van der Waals surface area (Å²) in [5.74, 6) is -3.49. The molecule has 0 unspecified atom stereocenters. The van der Waals surface area contributed by atoms with Crippen molar-refractivity contribution in [3.05, 3.63) is 83.6 Å². The van der Waals surface area contributed by atoms with E-state index < -0.39 is 24.3 Å². The van der Waals surface area contributed by atoms with E-state index in [0.717, 1.165) is 46.0 Å². The Morgan fingerprint density at radius 3 is 2.19 bits per heavy atom. The second-order valence-corrected chi connectivity index (χ2v) is 15.1. The Morgan fingerprint density at radius 2 is 1.59 bits per heavy atom. The van der Waals surface area contributed by atoms with Crippen LogP contribution in [0.3, 0.4) is 0 Å². The summed E-state index contributed by atoms with van der Waals surface area (Å²) in [5, 5.41) is 35.3. The number of aromatic amines is 1. The van der Waals surface area contributed by atoms with E-state index in [1.165, 1.54) is 0 Å². The van der Waals surface area contributed by atoms with E-state index in [4.69, 9.17) is 19.7 Å². The standard InChI is InChI=1S/C39H48N6O6.C2HF3O2/c1-24-19-29(35(46)40-17-18-51-39(2,3)4)14-16-32(24)27-9-5-25(6-10-27)20-34(37(48)43-31-15-13-30-23-42-45-33(30)21-31)44-36(47)28-11-7-26(8-12-28)22-41-38(49)50;3-2(4,5)1(6)7/h5-6,9-10,13-16,19,21,23,26,28,34,41H,7-8,11-12,17-18,20,22H2,1-4H3,(H,40,46)(H,42,45)(H,43,48)(H,44,47)(H,49,50);(H,6,7)/t26-,28-,34-;/m0./s1. The number of hydrogen-bond acceptors (Lipinski definition) is 7. The van der Waals surface area contributed by atoms with Gasteiger partial charge in [0.1, 0.15) is 6.04 Å². The first-order chi connectivity index (χ1) is 27.3. The quantitative estimate of drug-likeness (QED) is 0.0738. The number of carboxylic acid groups (broad SMARTS) is 2. The van der Waals surface area contributed by atoms with Crippen LogP contribution in [-0.2, 0) is 25.5 Å². The summed E-state index contributed by atoms with van der Waals surface area (Å²) in [7, 11) is 0. The third-order valence-electron chi connectivity index (χ3n) is 9.46. The molecule has 4 aromatic rings. The Balaban J connectivity index is 0.000000973.